The topological polar surface area (TPSA) is 142 Å². The number of amides is 3. The summed E-state index contributed by atoms with van der Waals surface area (Å²) in [5.74, 6) is -0.609. The maximum Gasteiger partial charge on any atom is 0.410 e. The number of carbonyl (C=O) groups excluding carboxylic acids is 3. The van der Waals surface area contributed by atoms with Crippen molar-refractivity contribution in [3.05, 3.63) is 29.8 Å². The zero-order valence-corrected chi connectivity index (χ0v) is 26.8. The van der Waals surface area contributed by atoms with E-state index in [-0.39, 0.29) is 64.4 Å². The summed E-state index contributed by atoms with van der Waals surface area (Å²) in [6, 6.07) is 3.05. The minimum atomic E-state index is -0.559. The van der Waals surface area contributed by atoms with Gasteiger partial charge in [0.1, 0.15) is 23.1 Å². The molecule has 248 valence electrons. The number of hydrogen-bond acceptors (Lipinski definition) is 9. The maximum absolute atomic E-state index is 14.4. The molecule has 2 N–H and O–H groups in total. The zero-order valence-electron chi connectivity index (χ0n) is 26.8. The Morgan fingerprint density at radius 1 is 1.13 bits per heavy atom. The van der Waals surface area contributed by atoms with Crippen LogP contribution in [0, 0.1) is 11.7 Å². The molecule has 2 spiro atoms. The standard InChI is InChI=1S/C32H42FN7O6/c1-30(2,3)46-29(43)39-17-32(18-39)14-26(45-32)38-9-6-20(16-38)35-27(41)19-5-10-40(31(13-19)7-8-31)28(42)24-12-23(36-37-24)21-11-25(44-4)34-15-22(21)33/h11-12,15,19-20,26H,5-10,13-14,16-18H2,1-4H3,(H,35,41)(H,36,37)/t19-,20?,26?/m0/s1. The Hall–Kier alpha value is -3.78. The number of hydrogen-bond donors (Lipinski definition) is 2. The van der Waals surface area contributed by atoms with E-state index in [1.54, 1.807) is 11.0 Å². The molecule has 14 heteroatoms. The minimum Gasteiger partial charge on any atom is -0.481 e. The molecule has 1 aliphatic carbocycles. The molecular formula is C32H42FN7O6. The van der Waals surface area contributed by atoms with Crippen molar-refractivity contribution in [3.8, 4) is 17.1 Å². The monoisotopic (exact) mass is 639 g/mol. The molecule has 46 heavy (non-hydrogen) atoms. The summed E-state index contributed by atoms with van der Waals surface area (Å²) in [4.78, 5) is 48.9. The van der Waals surface area contributed by atoms with E-state index in [2.05, 4.69) is 25.4 Å². The third-order valence-corrected chi connectivity index (χ3v) is 9.98. The van der Waals surface area contributed by atoms with E-state index < -0.39 is 11.4 Å². The average Bonchev–Trinajstić information content (AvgIpc) is 3.33. The number of methoxy groups -OCH3 is 1. The number of nitrogens with zero attached hydrogens (tertiary/aromatic N) is 5. The van der Waals surface area contributed by atoms with Gasteiger partial charge in [0.25, 0.3) is 5.91 Å². The van der Waals surface area contributed by atoms with Crippen LogP contribution in [-0.2, 0) is 14.3 Å². The Labute approximate surface area is 267 Å². The van der Waals surface area contributed by atoms with E-state index in [4.69, 9.17) is 14.2 Å². The highest BCUT2D eigenvalue weighted by molar-refractivity contribution is 5.94. The summed E-state index contributed by atoms with van der Waals surface area (Å²) in [5.41, 5.74) is -0.350. The number of rotatable bonds is 6. The number of nitrogens with one attached hydrogen (secondary N) is 2. The van der Waals surface area contributed by atoms with Crippen LogP contribution < -0.4 is 10.1 Å². The molecule has 0 radical (unpaired) electrons. The number of likely N-dealkylation sites (tertiary alicyclic amines) is 3. The van der Waals surface area contributed by atoms with Gasteiger partial charge in [-0.2, -0.15) is 5.10 Å². The van der Waals surface area contributed by atoms with Crippen LogP contribution in [0.25, 0.3) is 11.3 Å². The molecular weight excluding hydrogens is 597 g/mol. The van der Waals surface area contributed by atoms with Crippen LogP contribution in [0.2, 0.25) is 0 Å². The predicted molar refractivity (Wildman–Crippen MR) is 162 cm³/mol. The highest BCUT2D eigenvalue weighted by Gasteiger charge is 2.58. The Bertz CT molecular complexity index is 1520. The van der Waals surface area contributed by atoms with Gasteiger partial charge >= 0.3 is 6.09 Å². The van der Waals surface area contributed by atoms with Crippen LogP contribution in [0.5, 0.6) is 5.88 Å². The Balaban J connectivity index is 0.882. The van der Waals surface area contributed by atoms with E-state index in [1.165, 1.54) is 13.2 Å². The normalized spacial score (nSPS) is 26.4. The number of halogens is 1. The first kappa shape index (κ1) is 30.9. The van der Waals surface area contributed by atoms with Crippen LogP contribution in [0.15, 0.2) is 18.3 Å². The predicted octanol–water partition coefficient (Wildman–Crippen LogP) is 2.93. The lowest BCUT2D eigenvalue weighted by atomic mass is 9.84. The summed E-state index contributed by atoms with van der Waals surface area (Å²) >= 11 is 0. The maximum atomic E-state index is 14.4. The highest BCUT2D eigenvalue weighted by atomic mass is 19.1. The smallest absolute Gasteiger partial charge is 0.410 e. The lowest BCUT2D eigenvalue weighted by Crippen LogP contribution is -2.74. The first-order valence-corrected chi connectivity index (χ1v) is 16.1. The molecule has 4 saturated heterocycles. The Morgan fingerprint density at radius 2 is 1.89 bits per heavy atom. The lowest BCUT2D eigenvalue weighted by Gasteiger charge is -2.59. The van der Waals surface area contributed by atoms with E-state index in [0.717, 1.165) is 45.0 Å². The van der Waals surface area contributed by atoms with Crippen molar-refractivity contribution in [2.75, 3.05) is 39.8 Å². The number of aromatic nitrogens is 3. The molecule has 4 aliphatic heterocycles. The van der Waals surface area contributed by atoms with Gasteiger partial charge in [-0.25, -0.2) is 14.2 Å². The molecule has 1 saturated carbocycles. The van der Waals surface area contributed by atoms with Gasteiger partial charge in [-0.05, 0) is 58.9 Å². The van der Waals surface area contributed by atoms with Crippen LogP contribution in [-0.4, -0.2) is 117 Å². The molecule has 2 unspecified atom stereocenters. The van der Waals surface area contributed by atoms with Crippen molar-refractivity contribution in [3.63, 3.8) is 0 Å². The van der Waals surface area contributed by atoms with Gasteiger partial charge in [0.05, 0.1) is 32.1 Å². The van der Waals surface area contributed by atoms with E-state index in [9.17, 15) is 18.8 Å². The number of piperidine rings is 1. The van der Waals surface area contributed by atoms with Gasteiger partial charge in [-0.15, -0.1) is 0 Å². The van der Waals surface area contributed by atoms with Gasteiger partial charge in [0, 0.05) is 55.2 Å². The molecule has 2 aromatic heterocycles. The second kappa shape index (κ2) is 11.2. The number of H-pyrrole nitrogens is 1. The number of aromatic amines is 1. The second-order valence-corrected chi connectivity index (χ2v) is 14.5. The van der Waals surface area contributed by atoms with Gasteiger partial charge in [0.15, 0.2) is 5.82 Å². The molecule has 5 aliphatic rings. The molecule has 3 amide bonds. The van der Waals surface area contributed by atoms with Gasteiger partial charge < -0.3 is 29.3 Å². The van der Waals surface area contributed by atoms with Crippen molar-refractivity contribution in [2.24, 2.45) is 5.92 Å². The molecule has 6 heterocycles. The molecule has 5 fully saturated rings. The van der Waals surface area contributed by atoms with Gasteiger partial charge in [-0.3, -0.25) is 19.6 Å². The summed E-state index contributed by atoms with van der Waals surface area (Å²) < 4.78 is 31.3. The van der Waals surface area contributed by atoms with Crippen LogP contribution in [0.3, 0.4) is 0 Å². The molecule has 2 aromatic rings. The largest absolute Gasteiger partial charge is 0.481 e. The van der Waals surface area contributed by atoms with E-state index in [1.807, 2.05) is 25.7 Å². The highest BCUT2D eigenvalue weighted by Crippen LogP contribution is 2.50. The fraction of sp³-hybridized carbons (Fsp3) is 0.656. The SMILES string of the molecule is COc1cc(-c2cc(C(=O)N3CC[C@H](C(=O)NC4CCN(C5CC6(CN(C(=O)OC(C)(C)C)C6)O5)C4)CC34CC4)[nH]n2)c(F)cn1. The van der Waals surface area contributed by atoms with Crippen LogP contribution in [0.1, 0.15) is 69.8 Å². The molecule has 0 aromatic carbocycles. The number of carbonyl (C=O) groups is 3. The van der Waals surface area contributed by atoms with Gasteiger partial charge in [0.2, 0.25) is 11.8 Å². The fourth-order valence-corrected chi connectivity index (χ4v) is 7.39. The van der Waals surface area contributed by atoms with Crippen LogP contribution >= 0.6 is 0 Å². The second-order valence-electron chi connectivity index (χ2n) is 14.5. The molecule has 3 atom stereocenters. The molecule has 13 nitrogen and oxygen atoms in total. The quantitative estimate of drug-likeness (QED) is 0.488. The van der Waals surface area contributed by atoms with Crippen molar-refractivity contribution < 1.29 is 33.0 Å². The zero-order chi connectivity index (χ0) is 32.4. The number of ether oxygens (including phenoxy) is 3. The third-order valence-electron chi connectivity index (χ3n) is 9.98. The van der Waals surface area contributed by atoms with Crippen molar-refractivity contribution in [1.29, 1.82) is 0 Å². The fourth-order valence-electron chi connectivity index (χ4n) is 7.39. The number of pyridine rings is 1. The van der Waals surface area contributed by atoms with Gasteiger partial charge in [-0.1, -0.05) is 0 Å². The van der Waals surface area contributed by atoms with Crippen molar-refractivity contribution in [2.45, 2.75) is 88.3 Å². The van der Waals surface area contributed by atoms with Crippen molar-refractivity contribution in [1.82, 2.24) is 35.2 Å². The first-order valence-electron chi connectivity index (χ1n) is 16.1. The third kappa shape index (κ3) is 5.81. The van der Waals surface area contributed by atoms with E-state index >= 15 is 0 Å². The summed E-state index contributed by atoms with van der Waals surface area (Å²) in [6.07, 6.45) is 5.40. The van der Waals surface area contributed by atoms with E-state index in [0.29, 0.717) is 38.2 Å². The lowest BCUT2D eigenvalue weighted by molar-refractivity contribution is -0.298. The Morgan fingerprint density at radius 3 is 2.59 bits per heavy atom. The van der Waals surface area contributed by atoms with Crippen LogP contribution in [0.4, 0.5) is 9.18 Å². The summed E-state index contributed by atoms with van der Waals surface area (Å²) in [5, 5.41) is 10.2. The Kier molecular flexibility index (Phi) is 7.50. The van der Waals surface area contributed by atoms with Crippen molar-refractivity contribution >= 4 is 17.9 Å². The minimum absolute atomic E-state index is 0.00625. The summed E-state index contributed by atoms with van der Waals surface area (Å²) in [7, 11) is 1.45. The average molecular weight is 640 g/mol. The molecule has 0 bridgehead atoms. The first-order chi connectivity index (χ1) is 21.9. The summed E-state index contributed by atoms with van der Waals surface area (Å²) in [6.45, 7) is 8.73. The molecule has 7 rings (SSSR count).